The van der Waals surface area contributed by atoms with Crippen molar-refractivity contribution in [1.82, 2.24) is 4.72 Å². The lowest BCUT2D eigenvalue weighted by Gasteiger charge is -2.21. The van der Waals surface area contributed by atoms with E-state index in [4.69, 9.17) is 9.47 Å². The minimum absolute atomic E-state index is 0.0274. The number of carbonyl (C=O) groups excluding carboxylic acids is 2. The molecule has 0 aliphatic rings. The summed E-state index contributed by atoms with van der Waals surface area (Å²) in [4.78, 5) is 25.1. The molecular formula is C25H28N2O6S. The average molecular weight is 485 g/mol. The van der Waals surface area contributed by atoms with Crippen LogP contribution in [0.5, 0.6) is 5.75 Å². The van der Waals surface area contributed by atoms with Crippen LogP contribution in [0.15, 0.2) is 65.6 Å². The molecule has 0 radical (unpaired) electrons. The fourth-order valence-electron chi connectivity index (χ4n) is 3.26. The van der Waals surface area contributed by atoms with Crippen LogP contribution in [-0.2, 0) is 19.6 Å². The lowest BCUT2D eigenvalue weighted by molar-refractivity contribution is -0.123. The zero-order valence-corrected chi connectivity index (χ0v) is 20.5. The van der Waals surface area contributed by atoms with Gasteiger partial charge in [-0.05, 0) is 68.8 Å². The summed E-state index contributed by atoms with van der Waals surface area (Å²) in [6, 6.07) is 17.1. The van der Waals surface area contributed by atoms with Gasteiger partial charge in [-0.15, -0.1) is 0 Å². The molecule has 2 N–H and O–H groups in total. The van der Waals surface area contributed by atoms with Gasteiger partial charge in [-0.3, -0.25) is 4.79 Å². The highest BCUT2D eigenvalue weighted by Gasteiger charge is 2.27. The first kappa shape index (κ1) is 25.2. The summed E-state index contributed by atoms with van der Waals surface area (Å²) in [5, 5.41) is 4.72. The number of fused-ring (bicyclic) bond motifs is 1. The van der Waals surface area contributed by atoms with E-state index >= 15 is 0 Å². The number of hydrogen-bond acceptors (Lipinski definition) is 6. The van der Waals surface area contributed by atoms with E-state index in [0.717, 1.165) is 10.8 Å². The maximum Gasteiger partial charge on any atom is 0.338 e. The topological polar surface area (TPSA) is 111 Å². The molecule has 0 saturated heterocycles. The number of ether oxygens (including phenoxy) is 2. The minimum atomic E-state index is -3.98. The Morgan fingerprint density at radius 1 is 0.941 bits per heavy atom. The summed E-state index contributed by atoms with van der Waals surface area (Å²) in [6.07, 6.45) is -1.12. The van der Waals surface area contributed by atoms with E-state index < -0.39 is 33.5 Å². The maximum atomic E-state index is 12.8. The zero-order valence-electron chi connectivity index (χ0n) is 19.7. The second-order valence-electron chi connectivity index (χ2n) is 8.82. The van der Waals surface area contributed by atoms with Crippen LogP contribution in [0.1, 0.15) is 38.1 Å². The third-order valence-corrected chi connectivity index (χ3v) is 6.58. The molecule has 8 nitrogen and oxygen atoms in total. The van der Waals surface area contributed by atoms with Gasteiger partial charge >= 0.3 is 5.97 Å². The molecule has 180 valence electrons. The molecule has 1 amide bonds. The van der Waals surface area contributed by atoms with Gasteiger partial charge in [0.15, 0.2) is 6.10 Å². The van der Waals surface area contributed by atoms with E-state index in [2.05, 4.69) is 10.0 Å². The summed E-state index contributed by atoms with van der Waals surface area (Å²) in [5.74, 6) is -1.27. The molecule has 3 rings (SSSR count). The molecule has 34 heavy (non-hydrogen) atoms. The van der Waals surface area contributed by atoms with E-state index in [0.29, 0.717) is 5.69 Å². The molecule has 0 aromatic heterocycles. The van der Waals surface area contributed by atoms with Crippen molar-refractivity contribution >= 4 is 38.4 Å². The van der Waals surface area contributed by atoms with Gasteiger partial charge in [0.2, 0.25) is 10.0 Å². The summed E-state index contributed by atoms with van der Waals surface area (Å²) < 4.78 is 38.6. The number of anilines is 1. The molecule has 3 aromatic rings. The number of esters is 1. The number of rotatable bonds is 7. The number of amides is 1. The molecule has 0 aliphatic carbocycles. The normalized spacial score (nSPS) is 12.7. The third kappa shape index (κ3) is 6.12. The van der Waals surface area contributed by atoms with Gasteiger partial charge in [-0.1, -0.05) is 30.3 Å². The summed E-state index contributed by atoms with van der Waals surface area (Å²) in [6.45, 7) is 6.54. The smallest absolute Gasteiger partial charge is 0.338 e. The largest absolute Gasteiger partial charge is 0.495 e. The highest BCUT2D eigenvalue weighted by molar-refractivity contribution is 7.89. The van der Waals surface area contributed by atoms with E-state index in [1.807, 2.05) is 36.4 Å². The highest BCUT2D eigenvalue weighted by Crippen LogP contribution is 2.27. The van der Waals surface area contributed by atoms with Gasteiger partial charge in [0.25, 0.3) is 5.91 Å². The minimum Gasteiger partial charge on any atom is -0.495 e. The fourth-order valence-corrected chi connectivity index (χ4v) is 4.88. The van der Waals surface area contributed by atoms with Crippen LogP contribution in [0.2, 0.25) is 0 Å². The number of hydrogen-bond donors (Lipinski definition) is 2. The van der Waals surface area contributed by atoms with Gasteiger partial charge in [0.05, 0.1) is 12.7 Å². The van der Waals surface area contributed by atoms with Gasteiger partial charge in [-0.25, -0.2) is 17.9 Å². The fraction of sp³-hybridized carbons (Fsp3) is 0.280. The Hall–Kier alpha value is -3.43. The molecule has 1 atom stereocenters. The van der Waals surface area contributed by atoms with E-state index in [9.17, 15) is 18.0 Å². The van der Waals surface area contributed by atoms with E-state index in [1.165, 1.54) is 32.2 Å². The second-order valence-corrected chi connectivity index (χ2v) is 10.5. The first-order valence-electron chi connectivity index (χ1n) is 10.6. The van der Waals surface area contributed by atoms with Crippen molar-refractivity contribution in [3.05, 3.63) is 66.2 Å². The summed E-state index contributed by atoms with van der Waals surface area (Å²) in [5.41, 5.74) is -0.200. The number of benzene rings is 3. The molecule has 0 aliphatic heterocycles. The van der Waals surface area contributed by atoms with Crippen LogP contribution in [-0.4, -0.2) is 39.0 Å². The molecule has 0 bridgehead atoms. The summed E-state index contributed by atoms with van der Waals surface area (Å²) >= 11 is 0. The quantitative estimate of drug-likeness (QED) is 0.488. The first-order chi connectivity index (χ1) is 15.9. The van der Waals surface area contributed by atoms with Crippen molar-refractivity contribution in [2.24, 2.45) is 0 Å². The Kier molecular flexibility index (Phi) is 7.28. The van der Waals surface area contributed by atoms with Crippen molar-refractivity contribution in [1.29, 1.82) is 0 Å². The molecule has 0 saturated carbocycles. The summed E-state index contributed by atoms with van der Waals surface area (Å²) in [7, 11) is -2.65. The third-order valence-electron chi connectivity index (χ3n) is 4.80. The van der Waals surface area contributed by atoms with E-state index in [-0.39, 0.29) is 16.2 Å². The SMILES string of the molecule is COc1ccc(C(=O)OC(C)C(=O)Nc2ccc3ccccc3c2)cc1S(=O)(=O)NC(C)(C)C. The highest BCUT2D eigenvalue weighted by atomic mass is 32.2. The van der Waals surface area contributed by atoms with E-state index in [1.54, 1.807) is 26.8 Å². The van der Waals surface area contributed by atoms with Crippen LogP contribution >= 0.6 is 0 Å². The standard InChI is InChI=1S/C25H28N2O6S/c1-16(23(28)26-20-12-10-17-8-6-7-9-18(17)14-20)33-24(29)19-11-13-21(32-5)22(15-19)34(30,31)27-25(2,3)4/h6-16,27H,1-5H3,(H,26,28). The van der Waals surface area contributed by atoms with Crippen LogP contribution in [0.4, 0.5) is 5.69 Å². The Morgan fingerprint density at radius 3 is 2.26 bits per heavy atom. The Balaban J connectivity index is 1.75. The molecule has 0 fully saturated rings. The van der Waals surface area contributed by atoms with Crippen LogP contribution in [0.25, 0.3) is 10.8 Å². The molecular weight excluding hydrogens is 456 g/mol. The van der Waals surface area contributed by atoms with Gasteiger partial charge in [-0.2, -0.15) is 0 Å². The molecule has 3 aromatic carbocycles. The number of nitrogens with one attached hydrogen (secondary N) is 2. The predicted molar refractivity (Wildman–Crippen MR) is 131 cm³/mol. The Labute approximate surface area is 199 Å². The molecule has 1 unspecified atom stereocenters. The molecule has 0 heterocycles. The van der Waals surface area contributed by atoms with Crippen LogP contribution in [0, 0.1) is 0 Å². The Morgan fingerprint density at radius 2 is 1.62 bits per heavy atom. The van der Waals surface area contributed by atoms with Gasteiger partial charge < -0.3 is 14.8 Å². The zero-order chi connectivity index (χ0) is 25.1. The lowest BCUT2D eigenvalue weighted by Crippen LogP contribution is -2.40. The number of sulfonamides is 1. The Bertz CT molecular complexity index is 1330. The average Bonchev–Trinajstić information content (AvgIpc) is 2.76. The maximum absolute atomic E-state index is 12.8. The van der Waals surface area contributed by atoms with Crippen molar-refractivity contribution in [2.45, 2.75) is 44.2 Å². The van der Waals surface area contributed by atoms with Crippen molar-refractivity contribution in [2.75, 3.05) is 12.4 Å². The predicted octanol–water partition coefficient (Wildman–Crippen LogP) is 4.11. The number of carbonyl (C=O) groups is 2. The van der Waals surface area contributed by atoms with Crippen LogP contribution in [0.3, 0.4) is 0 Å². The van der Waals surface area contributed by atoms with Crippen LogP contribution < -0.4 is 14.8 Å². The second kappa shape index (κ2) is 9.82. The van der Waals surface area contributed by atoms with Crippen molar-refractivity contribution < 1.29 is 27.5 Å². The van der Waals surface area contributed by atoms with Crippen molar-refractivity contribution in [3.63, 3.8) is 0 Å². The van der Waals surface area contributed by atoms with Crippen molar-refractivity contribution in [3.8, 4) is 5.75 Å². The first-order valence-corrected chi connectivity index (χ1v) is 12.1. The van der Waals surface area contributed by atoms with Gasteiger partial charge in [0, 0.05) is 11.2 Å². The molecule has 0 spiro atoms. The lowest BCUT2D eigenvalue weighted by atomic mass is 10.1. The monoisotopic (exact) mass is 484 g/mol. The van der Waals surface area contributed by atoms with Gasteiger partial charge in [0.1, 0.15) is 10.6 Å². The number of methoxy groups -OCH3 is 1. The molecule has 9 heteroatoms.